The maximum Gasteiger partial charge on any atom is 0.242 e. The molecule has 0 saturated heterocycles. The molecule has 0 heterocycles. The van der Waals surface area contributed by atoms with Gasteiger partial charge in [-0.2, -0.15) is 0 Å². The van der Waals surface area contributed by atoms with Crippen LogP contribution in [0.5, 0.6) is 0 Å². The van der Waals surface area contributed by atoms with Crippen LogP contribution in [0.25, 0.3) is 0 Å². The van der Waals surface area contributed by atoms with E-state index in [0.29, 0.717) is 12.0 Å². The van der Waals surface area contributed by atoms with Crippen LogP contribution in [-0.4, -0.2) is 49.8 Å². The third kappa shape index (κ3) is 10.00. The van der Waals surface area contributed by atoms with Crippen LogP contribution in [0, 0.1) is 11.3 Å². The monoisotopic (exact) mass is 482 g/mol. The van der Waals surface area contributed by atoms with Gasteiger partial charge in [-0.05, 0) is 24.3 Å². The van der Waals surface area contributed by atoms with Crippen molar-refractivity contribution in [3.8, 4) is 0 Å². The van der Waals surface area contributed by atoms with Crippen LogP contribution in [0.15, 0.2) is 24.3 Å². The zero-order valence-electron chi connectivity index (χ0n) is 19.2. The number of carbonyl (C=O) groups is 3. The average Bonchev–Trinajstić information content (AvgIpc) is 2.73. The Hall–Kier alpha value is -2.99. The Morgan fingerprint density at radius 3 is 2.15 bits per heavy atom. The van der Waals surface area contributed by atoms with Gasteiger partial charge in [-0.3, -0.25) is 19.8 Å². The molecule has 0 aliphatic carbocycles. The van der Waals surface area contributed by atoms with Gasteiger partial charge >= 0.3 is 0 Å². The second-order valence-electron chi connectivity index (χ2n) is 8.05. The van der Waals surface area contributed by atoms with Gasteiger partial charge in [-0.25, -0.2) is 13.1 Å². The van der Waals surface area contributed by atoms with Gasteiger partial charge < -0.3 is 22.1 Å². The van der Waals surface area contributed by atoms with Crippen LogP contribution in [0.3, 0.4) is 0 Å². The number of nitrogens with one attached hydrogen (secondary N) is 4. The van der Waals surface area contributed by atoms with Crippen molar-refractivity contribution < 1.29 is 22.8 Å². The normalized spacial score (nSPS) is 13.2. The van der Waals surface area contributed by atoms with Gasteiger partial charge in [-0.15, -0.1) is 0 Å². The number of rotatable bonds is 14. The van der Waals surface area contributed by atoms with Gasteiger partial charge in [0.05, 0.1) is 5.75 Å². The van der Waals surface area contributed by atoms with E-state index in [1.807, 2.05) is 0 Å². The third-order valence-electron chi connectivity index (χ3n) is 4.77. The Balaban J connectivity index is 2.91. The van der Waals surface area contributed by atoms with E-state index in [2.05, 4.69) is 15.4 Å². The summed E-state index contributed by atoms with van der Waals surface area (Å²) in [5.41, 5.74) is 11.9. The number of carbonyl (C=O) groups excluding carboxylic acids is 3. The van der Waals surface area contributed by atoms with Crippen molar-refractivity contribution in [3.05, 3.63) is 35.4 Å². The molecule has 0 aromatic heterocycles. The number of sulfonamides is 1. The van der Waals surface area contributed by atoms with E-state index in [1.54, 1.807) is 45.0 Å². The van der Waals surface area contributed by atoms with Crippen molar-refractivity contribution in [2.24, 2.45) is 17.4 Å². The Kier molecular flexibility index (Phi) is 11.0. The first-order chi connectivity index (χ1) is 15.4. The quantitative estimate of drug-likeness (QED) is 0.155. The summed E-state index contributed by atoms with van der Waals surface area (Å²) in [6, 6.07) is 4.52. The molecule has 12 heteroatoms. The zero-order chi connectivity index (χ0) is 25.2. The first-order valence-corrected chi connectivity index (χ1v) is 12.3. The molecule has 184 valence electrons. The van der Waals surface area contributed by atoms with Gasteiger partial charge in [-0.1, -0.05) is 45.0 Å². The highest BCUT2D eigenvalue weighted by Crippen LogP contribution is 2.08. The Bertz CT molecular complexity index is 946. The highest BCUT2D eigenvalue weighted by molar-refractivity contribution is 7.89. The van der Waals surface area contributed by atoms with E-state index in [9.17, 15) is 22.8 Å². The lowest BCUT2D eigenvalue weighted by molar-refractivity contribution is -0.131. The van der Waals surface area contributed by atoms with E-state index in [1.165, 1.54) is 0 Å². The highest BCUT2D eigenvalue weighted by Gasteiger charge is 2.30. The first-order valence-electron chi connectivity index (χ1n) is 10.7. The molecule has 11 nitrogen and oxygen atoms in total. The minimum Gasteiger partial charge on any atom is -0.384 e. The molecule has 0 spiro atoms. The number of amidine groups is 1. The molecule has 0 aliphatic heterocycles. The van der Waals surface area contributed by atoms with Crippen LogP contribution in [0.4, 0.5) is 0 Å². The smallest absolute Gasteiger partial charge is 0.242 e. The third-order valence-corrected chi connectivity index (χ3v) is 6.33. The fraction of sp³-hybridized carbons (Fsp3) is 0.524. The maximum absolute atomic E-state index is 12.8. The number of benzene rings is 1. The minimum absolute atomic E-state index is 0.0390. The van der Waals surface area contributed by atoms with Gasteiger partial charge in [0.25, 0.3) is 0 Å². The summed E-state index contributed by atoms with van der Waals surface area (Å²) in [5.74, 6) is -2.42. The summed E-state index contributed by atoms with van der Waals surface area (Å²) in [6.07, 6.45) is 0.209. The summed E-state index contributed by atoms with van der Waals surface area (Å²) >= 11 is 0. The fourth-order valence-electron chi connectivity index (χ4n) is 2.94. The van der Waals surface area contributed by atoms with Crippen LogP contribution >= 0.6 is 0 Å². The van der Waals surface area contributed by atoms with Crippen molar-refractivity contribution in [1.29, 1.82) is 5.41 Å². The molecule has 0 radical (unpaired) electrons. The number of hydrogen-bond donors (Lipinski definition) is 6. The second-order valence-corrected chi connectivity index (χ2v) is 9.93. The zero-order valence-corrected chi connectivity index (χ0v) is 20.0. The number of amides is 3. The lowest BCUT2D eigenvalue weighted by Gasteiger charge is -2.25. The molecule has 8 N–H and O–H groups in total. The predicted octanol–water partition coefficient (Wildman–Crippen LogP) is -0.309. The van der Waals surface area contributed by atoms with Crippen LogP contribution in [0.1, 0.15) is 51.2 Å². The van der Waals surface area contributed by atoms with Crippen LogP contribution < -0.4 is 26.8 Å². The van der Waals surface area contributed by atoms with Crippen molar-refractivity contribution in [1.82, 2.24) is 15.4 Å². The van der Waals surface area contributed by atoms with E-state index in [4.69, 9.17) is 16.9 Å². The van der Waals surface area contributed by atoms with Crippen LogP contribution in [0.2, 0.25) is 0 Å². The molecular formula is C21H34N6O5S. The summed E-state index contributed by atoms with van der Waals surface area (Å²) in [6.45, 7) is 5.21. The van der Waals surface area contributed by atoms with E-state index >= 15 is 0 Å². The second kappa shape index (κ2) is 12.9. The summed E-state index contributed by atoms with van der Waals surface area (Å²) < 4.78 is 26.7. The summed E-state index contributed by atoms with van der Waals surface area (Å²) in [7, 11) is -3.67. The Labute approximate surface area is 194 Å². The molecule has 33 heavy (non-hydrogen) atoms. The summed E-state index contributed by atoms with van der Waals surface area (Å²) in [4.78, 5) is 36.8. The SMILES string of the molecule is CCCS(=O)(=O)NC(C(=O)NC(CCC(N)=O)C(=O)NCc1ccc(C(=N)N)cc1)C(C)C. The molecule has 0 fully saturated rings. The Morgan fingerprint density at radius 1 is 1.06 bits per heavy atom. The van der Waals surface area contributed by atoms with Crippen molar-refractivity contribution in [2.45, 2.75) is 58.7 Å². The number of nitrogens with two attached hydrogens (primary N) is 2. The molecule has 1 rings (SSSR count). The molecule has 1 aromatic carbocycles. The van der Waals surface area contributed by atoms with E-state index in [0.717, 1.165) is 5.56 Å². The molecule has 3 amide bonds. The predicted molar refractivity (Wildman–Crippen MR) is 126 cm³/mol. The standard InChI is InChI=1S/C21H34N6O5S/c1-4-11-33(31,32)27-18(13(2)3)21(30)26-16(9-10-17(22)28)20(29)25-12-14-5-7-15(8-6-14)19(23)24/h5-8,13,16,18,27H,4,9-12H2,1-3H3,(H2,22,28)(H3,23,24)(H,25,29)(H,26,30). The van der Waals surface area contributed by atoms with Crippen LogP contribution in [-0.2, 0) is 31.0 Å². The maximum atomic E-state index is 12.8. The van der Waals surface area contributed by atoms with Crippen molar-refractivity contribution in [2.75, 3.05) is 5.75 Å². The highest BCUT2D eigenvalue weighted by atomic mass is 32.2. The van der Waals surface area contributed by atoms with E-state index in [-0.39, 0.29) is 36.9 Å². The molecule has 1 aromatic rings. The number of nitrogen functional groups attached to an aromatic ring is 1. The largest absolute Gasteiger partial charge is 0.384 e. The molecular weight excluding hydrogens is 448 g/mol. The first kappa shape index (κ1) is 28.0. The molecule has 2 atom stereocenters. The van der Waals surface area contributed by atoms with Gasteiger partial charge in [0.2, 0.25) is 27.7 Å². The average molecular weight is 483 g/mol. The van der Waals surface area contributed by atoms with Gasteiger partial charge in [0.15, 0.2) is 0 Å². The van der Waals surface area contributed by atoms with Gasteiger partial charge in [0, 0.05) is 18.5 Å². The van der Waals surface area contributed by atoms with E-state index < -0.39 is 39.8 Å². The van der Waals surface area contributed by atoms with Gasteiger partial charge in [0.1, 0.15) is 17.9 Å². The minimum atomic E-state index is -3.67. The molecule has 0 bridgehead atoms. The topological polar surface area (TPSA) is 197 Å². The number of hydrogen-bond acceptors (Lipinski definition) is 6. The fourth-order valence-corrected chi connectivity index (χ4v) is 4.37. The van der Waals surface area contributed by atoms with Crippen molar-refractivity contribution in [3.63, 3.8) is 0 Å². The molecule has 0 saturated carbocycles. The lowest BCUT2D eigenvalue weighted by Crippen LogP contribution is -2.55. The lowest BCUT2D eigenvalue weighted by atomic mass is 10.0. The van der Waals surface area contributed by atoms with Crippen molar-refractivity contribution >= 4 is 33.6 Å². The Morgan fingerprint density at radius 2 is 1.67 bits per heavy atom. The number of primary amides is 1. The molecule has 2 unspecified atom stereocenters. The molecule has 0 aliphatic rings. The summed E-state index contributed by atoms with van der Waals surface area (Å²) in [5, 5.41) is 12.6.